The number of anilines is 1. The number of nitrogens with zero attached hydrogens (tertiary/aromatic N) is 3. The number of carbonyl (C=O) groups excluding carboxylic acids is 1. The van der Waals surface area contributed by atoms with Crippen molar-refractivity contribution in [1.29, 1.82) is 0 Å². The van der Waals surface area contributed by atoms with Crippen LogP contribution in [-0.4, -0.2) is 40.7 Å². The second-order valence-corrected chi connectivity index (χ2v) is 7.41. The molecule has 3 saturated heterocycles. The van der Waals surface area contributed by atoms with Gasteiger partial charge in [0.05, 0.1) is 19.1 Å². The van der Waals surface area contributed by atoms with Crippen LogP contribution in [0.1, 0.15) is 30.1 Å². The van der Waals surface area contributed by atoms with Crippen LogP contribution in [0.2, 0.25) is 0 Å². The number of amides is 1. The summed E-state index contributed by atoms with van der Waals surface area (Å²) in [4.78, 5) is 21.3. The molecular weight excluding hydrogens is 333 g/mol. The average Bonchev–Trinajstić information content (AvgIpc) is 3.12. The zero-order valence-corrected chi connectivity index (χ0v) is 14.6. The number of carbonyl (C=O) groups is 1. The molecule has 1 spiro atoms. The number of halogens is 1. The van der Waals surface area contributed by atoms with Crippen LogP contribution in [0.4, 0.5) is 10.1 Å². The summed E-state index contributed by atoms with van der Waals surface area (Å²) >= 11 is 0. The minimum absolute atomic E-state index is 0.00437. The fraction of sp³-hybridized carbons (Fsp3) is 0.400. The molecule has 5 rings (SSSR count). The molecule has 4 heterocycles. The lowest BCUT2D eigenvalue weighted by Crippen LogP contribution is -2.66. The summed E-state index contributed by atoms with van der Waals surface area (Å²) in [5.41, 5.74) is 1.80. The number of fused-ring (bicyclic) bond motifs is 1. The summed E-state index contributed by atoms with van der Waals surface area (Å²) in [6.45, 7) is 3.02. The topological polar surface area (TPSA) is 45.7 Å². The highest BCUT2D eigenvalue weighted by Crippen LogP contribution is 2.48. The SMILES string of the molecule is Cc1cc(N2CC3(C2)O[C@@H]2CC[C@@H](c4ccccc4F)N2C3=O)ccn1. The van der Waals surface area contributed by atoms with Crippen LogP contribution in [0, 0.1) is 12.7 Å². The Morgan fingerprint density at radius 2 is 2.04 bits per heavy atom. The van der Waals surface area contributed by atoms with Crippen molar-refractivity contribution in [2.75, 3.05) is 18.0 Å². The Bertz CT molecular complexity index is 881. The van der Waals surface area contributed by atoms with Gasteiger partial charge in [-0.15, -0.1) is 0 Å². The van der Waals surface area contributed by atoms with Crippen LogP contribution in [0.15, 0.2) is 42.6 Å². The van der Waals surface area contributed by atoms with Gasteiger partial charge in [-0.3, -0.25) is 9.78 Å². The molecule has 0 N–H and O–H groups in total. The molecule has 0 radical (unpaired) electrons. The lowest BCUT2D eigenvalue weighted by molar-refractivity contribution is -0.140. The number of ether oxygens (including phenoxy) is 1. The molecule has 3 aliphatic rings. The predicted octanol–water partition coefficient (Wildman–Crippen LogP) is 2.81. The number of hydrogen-bond acceptors (Lipinski definition) is 4. The molecule has 134 valence electrons. The summed E-state index contributed by atoms with van der Waals surface area (Å²) in [6.07, 6.45) is 3.02. The largest absolute Gasteiger partial charge is 0.364 e. The van der Waals surface area contributed by atoms with Crippen LogP contribution in [0.5, 0.6) is 0 Å². The smallest absolute Gasteiger partial charge is 0.261 e. The molecule has 0 bridgehead atoms. The van der Waals surface area contributed by atoms with Crippen molar-refractivity contribution in [3.63, 3.8) is 0 Å². The molecule has 0 unspecified atom stereocenters. The molecule has 5 nitrogen and oxygen atoms in total. The van der Waals surface area contributed by atoms with Crippen LogP contribution >= 0.6 is 0 Å². The van der Waals surface area contributed by atoms with E-state index < -0.39 is 5.60 Å². The molecular formula is C20H20FN3O2. The maximum atomic E-state index is 14.2. The highest BCUT2D eigenvalue weighted by Gasteiger charge is 2.62. The maximum absolute atomic E-state index is 14.2. The first-order chi connectivity index (χ1) is 12.6. The van der Waals surface area contributed by atoms with Gasteiger partial charge in [0, 0.05) is 23.1 Å². The minimum Gasteiger partial charge on any atom is -0.364 e. The quantitative estimate of drug-likeness (QED) is 0.833. The van der Waals surface area contributed by atoms with E-state index in [0.717, 1.165) is 24.2 Å². The number of aryl methyl sites for hydroxylation is 1. The minimum atomic E-state index is -0.786. The van der Waals surface area contributed by atoms with Crippen molar-refractivity contribution in [3.8, 4) is 0 Å². The molecule has 1 amide bonds. The van der Waals surface area contributed by atoms with E-state index in [2.05, 4.69) is 9.88 Å². The predicted molar refractivity (Wildman–Crippen MR) is 94.0 cm³/mol. The Morgan fingerprint density at radius 3 is 2.81 bits per heavy atom. The van der Waals surface area contributed by atoms with Gasteiger partial charge in [0.25, 0.3) is 5.91 Å². The monoisotopic (exact) mass is 353 g/mol. The highest BCUT2D eigenvalue weighted by atomic mass is 19.1. The van der Waals surface area contributed by atoms with Crippen LogP contribution in [0.25, 0.3) is 0 Å². The van der Waals surface area contributed by atoms with Crippen LogP contribution < -0.4 is 4.90 Å². The molecule has 0 saturated carbocycles. The third kappa shape index (κ3) is 2.18. The molecule has 1 aromatic heterocycles. The molecule has 2 atom stereocenters. The normalized spacial score (nSPS) is 26.3. The Morgan fingerprint density at radius 1 is 1.23 bits per heavy atom. The van der Waals surface area contributed by atoms with Gasteiger partial charge < -0.3 is 14.5 Å². The fourth-order valence-electron chi connectivity index (χ4n) is 4.45. The Balaban J connectivity index is 1.38. The molecule has 1 aromatic carbocycles. The van der Waals surface area contributed by atoms with Crippen molar-refractivity contribution >= 4 is 11.6 Å². The Labute approximate surface area is 151 Å². The van der Waals surface area contributed by atoms with Gasteiger partial charge in [0.2, 0.25) is 0 Å². The number of benzene rings is 1. The number of pyridine rings is 1. The van der Waals surface area contributed by atoms with Gasteiger partial charge in [0.1, 0.15) is 12.0 Å². The molecule has 26 heavy (non-hydrogen) atoms. The van der Waals surface area contributed by atoms with E-state index >= 15 is 0 Å². The second kappa shape index (κ2) is 5.51. The maximum Gasteiger partial charge on any atom is 0.261 e. The molecule has 3 aliphatic heterocycles. The first-order valence-corrected chi connectivity index (χ1v) is 9.00. The first-order valence-electron chi connectivity index (χ1n) is 9.00. The van der Waals surface area contributed by atoms with Crippen LogP contribution in [0.3, 0.4) is 0 Å². The van der Waals surface area contributed by atoms with E-state index in [1.54, 1.807) is 23.2 Å². The zero-order chi connectivity index (χ0) is 17.9. The van der Waals surface area contributed by atoms with Crippen molar-refractivity contribution in [2.45, 2.75) is 37.6 Å². The highest BCUT2D eigenvalue weighted by molar-refractivity contribution is 5.91. The van der Waals surface area contributed by atoms with E-state index in [0.29, 0.717) is 18.7 Å². The van der Waals surface area contributed by atoms with Crippen molar-refractivity contribution in [2.24, 2.45) is 0 Å². The number of rotatable bonds is 2. The van der Waals surface area contributed by atoms with E-state index in [1.807, 2.05) is 25.1 Å². The second-order valence-electron chi connectivity index (χ2n) is 7.41. The molecule has 3 fully saturated rings. The third-order valence-electron chi connectivity index (χ3n) is 5.72. The van der Waals surface area contributed by atoms with Gasteiger partial charge in [-0.2, -0.15) is 0 Å². The standard InChI is InChI=1S/C20H20FN3O2/c1-13-10-14(8-9-22-13)23-11-20(12-23)19(25)24-17(6-7-18(24)26-20)15-4-2-3-5-16(15)21/h2-5,8-10,17-18H,6-7,11-12H2,1H3/t17-,18+/m0/s1. The van der Waals surface area contributed by atoms with Crippen LogP contribution in [-0.2, 0) is 9.53 Å². The zero-order valence-electron chi connectivity index (χ0n) is 14.6. The van der Waals surface area contributed by atoms with Crippen molar-refractivity contribution in [3.05, 3.63) is 59.7 Å². The first kappa shape index (κ1) is 15.8. The lowest BCUT2D eigenvalue weighted by atomic mass is 9.91. The molecule has 2 aromatic rings. The van der Waals surface area contributed by atoms with E-state index in [4.69, 9.17) is 4.74 Å². The van der Waals surface area contributed by atoms with E-state index in [9.17, 15) is 9.18 Å². The van der Waals surface area contributed by atoms with Gasteiger partial charge in [-0.05, 0) is 38.0 Å². The van der Waals surface area contributed by atoms with E-state index in [1.165, 1.54) is 6.07 Å². The van der Waals surface area contributed by atoms with Crippen molar-refractivity contribution in [1.82, 2.24) is 9.88 Å². The summed E-state index contributed by atoms with van der Waals surface area (Å²) < 4.78 is 20.4. The summed E-state index contributed by atoms with van der Waals surface area (Å²) in [6, 6.07) is 10.4. The molecule has 0 aliphatic carbocycles. The number of aromatic nitrogens is 1. The Hall–Kier alpha value is -2.47. The summed E-state index contributed by atoms with van der Waals surface area (Å²) in [5.74, 6) is -0.260. The van der Waals surface area contributed by atoms with E-state index in [-0.39, 0.29) is 24.0 Å². The fourth-order valence-corrected chi connectivity index (χ4v) is 4.45. The van der Waals surface area contributed by atoms with Gasteiger partial charge in [-0.1, -0.05) is 18.2 Å². The average molecular weight is 353 g/mol. The molecule has 6 heteroatoms. The number of hydrogen-bond donors (Lipinski definition) is 0. The lowest BCUT2D eigenvalue weighted by Gasteiger charge is -2.46. The Kier molecular flexibility index (Phi) is 3.34. The van der Waals surface area contributed by atoms with Gasteiger partial charge in [0.15, 0.2) is 5.60 Å². The van der Waals surface area contributed by atoms with Gasteiger partial charge in [-0.25, -0.2) is 4.39 Å². The summed E-state index contributed by atoms with van der Waals surface area (Å²) in [7, 11) is 0. The third-order valence-corrected chi connectivity index (χ3v) is 5.72. The van der Waals surface area contributed by atoms with Gasteiger partial charge >= 0.3 is 0 Å². The van der Waals surface area contributed by atoms with Crippen molar-refractivity contribution < 1.29 is 13.9 Å². The summed E-state index contributed by atoms with van der Waals surface area (Å²) in [5, 5.41) is 0.